The van der Waals surface area contributed by atoms with E-state index >= 15 is 0 Å². The first-order valence-corrected chi connectivity index (χ1v) is 5.76. The number of nitrogens with two attached hydrogens (primary N) is 1. The quantitative estimate of drug-likeness (QED) is 0.751. The summed E-state index contributed by atoms with van der Waals surface area (Å²) in [5.74, 6) is 0.103. The highest BCUT2D eigenvalue weighted by molar-refractivity contribution is 5.81. The van der Waals surface area contributed by atoms with Crippen molar-refractivity contribution in [3.8, 4) is 0 Å². The number of amides is 1. The Hall–Kier alpha value is -0.610. The molecular weight excluding hydrogens is 192 g/mol. The van der Waals surface area contributed by atoms with E-state index in [2.05, 4.69) is 0 Å². The number of methoxy groups -OCH3 is 1. The Morgan fingerprint density at radius 3 is 2.60 bits per heavy atom. The van der Waals surface area contributed by atoms with Crippen LogP contribution in [0.3, 0.4) is 0 Å². The van der Waals surface area contributed by atoms with Gasteiger partial charge in [0.25, 0.3) is 0 Å². The lowest BCUT2D eigenvalue weighted by molar-refractivity contribution is -0.135. The standard InChI is InChI=1S/C11H22N2O2/c1-3-4-10(12)11(14)13-7-5-9(15-2)6-8-13/h9-10H,3-8,12H2,1-2H3/t10-/m0/s1. The minimum atomic E-state index is -0.311. The van der Waals surface area contributed by atoms with Crippen molar-refractivity contribution < 1.29 is 9.53 Å². The van der Waals surface area contributed by atoms with Crippen molar-refractivity contribution in [1.82, 2.24) is 4.90 Å². The number of piperidine rings is 1. The first-order valence-electron chi connectivity index (χ1n) is 5.76. The van der Waals surface area contributed by atoms with Gasteiger partial charge in [-0.15, -0.1) is 0 Å². The van der Waals surface area contributed by atoms with E-state index in [0.717, 1.165) is 38.8 Å². The Morgan fingerprint density at radius 2 is 2.13 bits per heavy atom. The van der Waals surface area contributed by atoms with Gasteiger partial charge in [-0.1, -0.05) is 13.3 Å². The fraction of sp³-hybridized carbons (Fsp3) is 0.909. The number of rotatable bonds is 4. The zero-order chi connectivity index (χ0) is 11.3. The molecule has 0 aliphatic carbocycles. The van der Waals surface area contributed by atoms with Crippen LogP contribution in [-0.2, 0) is 9.53 Å². The van der Waals surface area contributed by atoms with E-state index in [-0.39, 0.29) is 11.9 Å². The highest BCUT2D eigenvalue weighted by Gasteiger charge is 2.25. The van der Waals surface area contributed by atoms with Gasteiger partial charge in [0.15, 0.2) is 0 Å². The molecule has 88 valence electrons. The van der Waals surface area contributed by atoms with Crippen molar-refractivity contribution in [2.24, 2.45) is 5.73 Å². The fourth-order valence-corrected chi connectivity index (χ4v) is 1.98. The number of ether oxygens (including phenoxy) is 1. The molecule has 2 N–H and O–H groups in total. The lowest BCUT2D eigenvalue weighted by atomic mass is 10.1. The second-order valence-corrected chi connectivity index (χ2v) is 4.16. The van der Waals surface area contributed by atoms with Crippen LogP contribution in [0.2, 0.25) is 0 Å². The van der Waals surface area contributed by atoms with Crippen LogP contribution in [-0.4, -0.2) is 43.2 Å². The van der Waals surface area contributed by atoms with Gasteiger partial charge in [-0.2, -0.15) is 0 Å². The van der Waals surface area contributed by atoms with Crippen LogP contribution >= 0.6 is 0 Å². The first kappa shape index (κ1) is 12.5. The lowest BCUT2D eigenvalue weighted by Gasteiger charge is -2.32. The maximum Gasteiger partial charge on any atom is 0.239 e. The molecule has 0 aromatic rings. The third-order valence-electron chi connectivity index (χ3n) is 3.00. The minimum absolute atomic E-state index is 0.103. The molecule has 1 fully saturated rings. The molecule has 1 aliphatic heterocycles. The van der Waals surface area contributed by atoms with E-state index in [1.165, 1.54) is 0 Å². The summed E-state index contributed by atoms with van der Waals surface area (Å²) in [6.07, 6.45) is 3.92. The maximum atomic E-state index is 11.8. The van der Waals surface area contributed by atoms with E-state index in [0.29, 0.717) is 6.10 Å². The molecule has 1 rings (SSSR count). The normalized spacial score (nSPS) is 20.3. The number of carbonyl (C=O) groups excluding carboxylic acids is 1. The number of likely N-dealkylation sites (tertiary alicyclic amines) is 1. The lowest BCUT2D eigenvalue weighted by Crippen LogP contribution is -2.48. The average Bonchev–Trinajstić information content (AvgIpc) is 2.28. The maximum absolute atomic E-state index is 11.8. The Bertz CT molecular complexity index is 201. The third kappa shape index (κ3) is 3.47. The summed E-state index contributed by atoms with van der Waals surface area (Å²) >= 11 is 0. The van der Waals surface area contributed by atoms with Crippen molar-refractivity contribution in [2.45, 2.75) is 44.8 Å². The molecular formula is C11H22N2O2. The molecule has 1 aliphatic rings. The van der Waals surface area contributed by atoms with Crippen molar-refractivity contribution in [1.29, 1.82) is 0 Å². The van der Waals surface area contributed by atoms with Crippen LogP contribution in [0.5, 0.6) is 0 Å². The van der Waals surface area contributed by atoms with Crippen LogP contribution in [0.25, 0.3) is 0 Å². The third-order valence-corrected chi connectivity index (χ3v) is 3.00. The monoisotopic (exact) mass is 214 g/mol. The molecule has 0 unspecified atom stereocenters. The van der Waals surface area contributed by atoms with E-state index in [1.54, 1.807) is 7.11 Å². The topological polar surface area (TPSA) is 55.6 Å². The van der Waals surface area contributed by atoms with Gasteiger partial charge in [0.2, 0.25) is 5.91 Å². The smallest absolute Gasteiger partial charge is 0.239 e. The second-order valence-electron chi connectivity index (χ2n) is 4.16. The predicted octanol–water partition coefficient (Wildman–Crippen LogP) is 0.751. The van der Waals surface area contributed by atoms with Gasteiger partial charge in [-0.05, 0) is 19.3 Å². The number of nitrogens with zero attached hydrogens (tertiary/aromatic N) is 1. The highest BCUT2D eigenvalue weighted by atomic mass is 16.5. The predicted molar refractivity (Wildman–Crippen MR) is 59.5 cm³/mol. The van der Waals surface area contributed by atoms with E-state index in [1.807, 2.05) is 11.8 Å². The number of hydrogen-bond acceptors (Lipinski definition) is 3. The number of hydrogen-bond donors (Lipinski definition) is 1. The summed E-state index contributed by atoms with van der Waals surface area (Å²) in [4.78, 5) is 13.7. The van der Waals surface area contributed by atoms with Crippen molar-refractivity contribution in [3.63, 3.8) is 0 Å². The fourth-order valence-electron chi connectivity index (χ4n) is 1.98. The van der Waals surface area contributed by atoms with Crippen LogP contribution < -0.4 is 5.73 Å². The second kappa shape index (κ2) is 6.08. The molecule has 1 atom stereocenters. The van der Waals surface area contributed by atoms with E-state index in [4.69, 9.17) is 10.5 Å². The zero-order valence-electron chi connectivity index (χ0n) is 9.74. The molecule has 0 aromatic heterocycles. The van der Waals surface area contributed by atoms with Crippen LogP contribution in [0.1, 0.15) is 32.6 Å². The van der Waals surface area contributed by atoms with Gasteiger partial charge in [0.05, 0.1) is 12.1 Å². The summed E-state index contributed by atoms with van der Waals surface area (Å²) < 4.78 is 5.26. The van der Waals surface area contributed by atoms with Crippen LogP contribution in [0, 0.1) is 0 Å². The molecule has 1 amide bonds. The van der Waals surface area contributed by atoms with Gasteiger partial charge in [-0.3, -0.25) is 4.79 Å². The summed E-state index contributed by atoms with van der Waals surface area (Å²) in [5, 5.41) is 0. The first-order chi connectivity index (χ1) is 7.19. The molecule has 1 heterocycles. The van der Waals surface area contributed by atoms with Crippen molar-refractivity contribution >= 4 is 5.91 Å². The highest BCUT2D eigenvalue weighted by Crippen LogP contribution is 2.14. The van der Waals surface area contributed by atoms with Crippen molar-refractivity contribution in [2.75, 3.05) is 20.2 Å². The van der Waals surface area contributed by atoms with Gasteiger partial charge < -0.3 is 15.4 Å². The van der Waals surface area contributed by atoms with Crippen LogP contribution in [0.15, 0.2) is 0 Å². The molecule has 0 bridgehead atoms. The van der Waals surface area contributed by atoms with Gasteiger partial charge in [0, 0.05) is 20.2 Å². The van der Waals surface area contributed by atoms with Crippen LogP contribution in [0.4, 0.5) is 0 Å². The minimum Gasteiger partial charge on any atom is -0.381 e. The molecule has 0 saturated carbocycles. The van der Waals surface area contributed by atoms with Gasteiger partial charge in [-0.25, -0.2) is 0 Å². The van der Waals surface area contributed by atoms with E-state index in [9.17, 15) is 4.79 Å². The molecule has 15 heavy (non-hydrogen) atoms. The van der Waals surface area contributed by atoms with Crippen molar-refractivity contribution in [3.05, 3.63) is 0 Å². The number of carbonyl (C=O) groups is 1. The van der Waals surface area contributed by atoms with Gasteiger partial charge >= 0.3 is 0 Å². The molecule has 4 nitrogen and oxygen atoms in total. The molecule has 0 aromatic carbocycles. The largest absolute Gasteiger partial charge is 0.381 e. The average molecular weight is 214 g/mol. The summed E-state index contributed by atoms with van der Waals surface area (Å²) in [5.41, 5.74) is 5.80. The zero-order valence-corrected chi connectivity index (χ0v) is 9.74. The Morgan fingerprint density at radius 1 is 1.53 bits per heavy atom. The summed E-state index contributed by atoms with van der Waals surface area (Å²) in [6.45, 7) is 3.62. The van der Waals surface area contributed by atoms with Gasteiger partial charge in [0.1, 0.15) is 0 Å². The molecule has 0 radical (unpaired) electrons. The SMILES string of the molecule is CCC[C@H](N)C(=O)N1CCC(OC)CC1. The Kier molecular flexibility index (Phi) is 5.05. The summed E-state index contributed by atoms with van der Waals surface area (Å²) in [7, 11) is 1.73. The molecule has 1 saturated heterocycles. The Balaban J connectivity index is 2.35. The van der Waals surface area contributed by atoms with E-state index < -0.39 is 0 Å². The molecule has 0 spiro atoms. The summed E-state index contributed by atoms with van der Waals surface area (Å²) in [6, 6.07) is -0.311. The Labute approximate surface area is 91.8 Å². The molecule has 4 heteroatoms.